The van der Waals surface area contributed by atoms with Crippen LogP contribution in [0.25, 0.3) is 11.1 Å². The van der Waals surface area contributed by atoms with Crippen LogP contribution in [-0.2, 0) is 11.3 Å². The maximum Gasteiger partial charge on any atom is 0.420 e. The topological polar surface area (TPSA) is 58.7 Å². The minimum Gasteiger partial charge on any atom is -0.408 e. The lowest BCUT2D eigenvalue weighted by Crippen LogP contribution is -2.48. The lowest BCUT2D eigenvalue weighted by molar-refractivity contribution is -0.134. The smallest absolute Gasteiger partial charge is 0.408 e. The van der Waals surface area contributed by atoms with Crippen LogP contribution in [0, 0.1) is 0 Å². The largest absolute Gasteiger partial charge is 0.420 e. The monoisotopic (exact) mass is 349 g/mol. The lowest BCUT2D eigenvalue weighted by Gasteiger charge is -2.31. The van der Waals surface area contributed by atoms with Crippen molar-refractivity contribution in [3.8, 4) is 0 Å². The average Bonchev–Trinajstić information content (AvgIpc) is 2.71. The van der Waals surface area contributed by atoms with Gasteiger partial charge in [-0.05, 0) is 38.4 Å². The molecule has 24 heavy (non-hydrogen) atoms. The van der Waals surface area contributed by atoms with E-state index in [-0.39, 0.29) is 18.5 Å². The summed E-state index contributed by atoms with van der Waals surface area (Å²) < 4.78 is 6.66. The number of benzene rings is 1. The second-order valence-electron chi connectivity index (χ2n) is 6.35. The van der Waals surface area contributed by atoms with Gasteiger partial charge in [0.05, 0.1) is 11.6 Å². The Morgan fingerprint density at radius 1 is 1.38 bits per heavy atom. The van der Waals surface area contributed by atoms with Crippen molar-refractivity contribution in [2.45, 2.75) is 19.0 Å². The van der Waals surface area contributed by atoms with Gasteiger partial charge in [-0.25, -0.2) is 4.79 Å². The van der Waals surface area contributed by atoms with E-state index < -0.39 is 5.76 Å². The zero-order valence-corrected chi connectivity index (χ0v) is 14.9. The van der Waals surface area contributed by atoms with Gasteiger partial charge < -0.3 is 14.2 Å². The molecule has 1 aliphatic heterocycles. The third kappa shape index (κ3) is 3.67. The molecule has 0 N–H and O–H groups in total. The van der Waals surface area contributed by atoms with Gasteiger partial charge in [-0.1, -0.05) is 12.1 Å². The van der Waals surface area contributed by atoms with E-state index in [2.05, 4.69) is 4.90 Å². The summed E-state index contributed by atoms with van der Waals surface area (Å²) >= 11 is 1.89. The van der Waals surface area contributed by atoms with Gasteiger partial charge in [0.2, 0.25) is 5.91 Å². The number of oxazole rings is 1. The minimum atomic E-state index is -0.474. The molecular formula is C17H23N3O3S. The molecule has 0 bridgehead atoms. The van der Waals surface area contributed by atoms with E-state index in [1.807, 2.05) is 49.0 Å². The minimum absolute atomic E-state index is 0.0157. The van der Waals surface area contributed by atoms with Gasteiger partial charge in [0.1, 0.15) is 6.54 Å². The van der Waals surface area contributed by atoms with Crippen LogP contribution in [0.1, 0.15) is 6.42 Å². The quantitative estimate of drug-likeness (QED) is 0.837. The summed E-state index contributed by atoms with van der Waals surface area (Å²) in [5.74, 6) is 1.52. The first-order valence-electron chi connectivity index (χ1n) is 8.16. The van der Waals surface area contributed by atoms with Crippen LogP contribution in [-0.4, -0.2) is 65.0 Å². The Hall–Kier alpha value is -1.73. The fourth-order valence-electron chi connectivity index (χ4n) is 3.12. The summed E-state index contributed by atoms with van der Waals surface area (Å²) in [6.45, 7) is 1.61. The van der Waals surface area contributed by atoms with Gasteiger partial charge in [0, 0.05) is 18.8 Å². The van der Waals surface area contributed by atoms with Crippen LogP contribution in [0.4, 0.5) is 0 Å². The Balaban J connectivity index is 1.83. The molecule has 1 aliphatic rings. The Labute approximate surface area is 145 Å². The van der Waals surface area contributed by atoms with Crippen molar-refractivity contribution in [1.29, 1.82) is 0 Å². The standard InChI is InChI=1S/C17H23N3O3S/c1-18(2)10-13-12-24-9-5-8-19(13)16(21)11-20-14-6-3-4-7-15(14)23-17(20)22/h3-4,6-7,13H,5,8-12H2,1-2H3. The summed E-state index contributed by atoms with van der Waals surface area (Å²) in [5.41, 5.74) is 1.19. The summed E-state index contributed by atoms with van der Waals surface area (Å²) in [6.07, 6.45) is 0.987. The molecule has 0 aliphatic carbocycles. The van der Waals surface area contributed by atoms with Crippen LogP contribution in [0.2, 0.25) is 0 Å². The number of carbonyl (C=O) groups is 1. The molecule has 3 rings (SSSR count). The highest BCUT2D eigenvalue weighted by Gasteiger charge is 2.27. The second kappa shape index (κ2) is 7.44. The molecule has 0 saturated carbocycles. The van der Waals surface area contributed by atoms with Crippen LogP contribution >= 0.6 is 11.8 Å². The number of hydrogen-bond acceptors (Lipinski definition) is 5. The maximum atomic E-state index is 12.9. The number of amides is 1. The normalized spacial score (nSPS) is 19.0. The third-order valence-corrected chi connectivity index (χ3v) is 5.40. The van der Waals surface area contributed by atoms with Crippen molar-refractivity contribution < 1.29 is 9.21 Å². The van der Waals surface area contributed by atoms with Crippen molar-refractivity contribution in [3.63, 3.8) is 0 Å². The van der Waals surface area contributed by atoms with Gasteiger partial charge in [-0.2, -0.15) is 11.8 Å². The van der Waals surface area contributed by atoms with Gasteiger partial charge in [-0.15, -0.1) is 0 Å². The van der Waals surface area contributed by atoms with Crippen LogP contribution < -0.4 is 5.76 Å². The molecule has 7 heteroatoms. The highest BCUT2D eigenvalue weighted by molar-refractivity contribution is 7.99. The zero-order valence-electron chi connectivity index (χ0n) is 14.1. The molecule has 1 unspecified atom stereocenters. The fourth-order valence-corrected chi connectivity index (χ4v) is 4.18. The molecule has 0 spiro atoms. The van der Waals surface area contributed by atoms with E-state index in [0.29, 0.717) is 11.1 Å². The van der Waals surface area contributed by atoms with Crippen molar-refractivity contribution in [2.75, 3.05) is 38.7 Å². The fraction of sp³-hybridized carbons (Fsp3) is 0.529. The first kappa shape index (κ1) is 17.1. The van der Waals surface area contributed by atoms with Crippen molar-refractivity contribution in [3.05, 3.63) is 34.8 Å². The molecule has 1 aromatic carbocycles. The Bertz CT molecular complexity index is 768. The summed E-state index contributed by atoms with van der Waals surface area (Å²) in [5, 5.41) is 0. The van der Waals surface area contributed by atoms with Crippen molar-refractivity contribution in [2.24, 2.45) is 0 Å². The summed E-state index contributed by atoms with van der Waals surface area (Å²) in [7, 11) is 4.04. The SMILES string of the molecule is CN(C)CC1CSCCCN1C(=O)Cn1c(=O)oc2ccccc21. The summed E-state index contributed by atoms with van der Waals surface area (Å²) in [4.78, 5) is 29.0. The molecule has 130 valence electrons. The first-order chi connectivity index (χ1) is 11.6. The van der Waals surface area contributed by atoms with E-state index in [1.165, 1.54) is 4.57 Å². The highest BCUT2D eigenvalue weighted by Crippen LogP contribution is 2.18. The molecule has 1 amide bonds. The summed E-state index contributed by atoms with van der Waals surface area (Å²) in [6, 6.07) is 7.39. The van der Waals surface area contributed by atoms with Gasteiger partial charge in [0.15, 0.2) is 5.58 Å². The van der Waals surface area contributed by atoms with Gasteiger partial charge in [0.25, 0.3) is 0 Å². The molecule has 0 radical (unpaired) electrons. The van der Waals surface area contributed by atoms with Crippen LogP contribution in [0.15, 0.2) is 33.5 Å². The number of carbonyl (C=O) groups excluding carboxylic acids is 1. The molecule has 1 fully saturated rings. The number of likely N-dealkylation sites (N-methyl/N-ethyl adjacent to an activating group) is 1. The zero-order chi connectivity index (χ0) is 17.1. The Morgan fingerprint density at radius 2 is 2.17 bits per heavy atom. The molecule has 1 saturated heterocycles. The van der Waals surface area contributed by atoms with E-state index in [4.69, 9.17) is 4.42 Å². The maximum absolute atomic E-state index is 12.9. The highest BCUT2D eigenvalue weighted by atomic mass is 32.2. The Kier molecular flexibility index (Phi) is 5.30. The predicted molar refractivity (Wildman–Crippen MR) is 96.5 cm³/mol. The first-order valence-corrected chi connectivity index (χ1v) is 9.32. The molecule has 1 aromatic heterocycles. The molecule has 2 heterocycles. The van der Waals surface area contributed by atoms with E-state index >= 15 is 0 Å². The van der Waals surface area contributed by atoms with E-state index in [1.54, 1.807) is 6.07 Å². The number of thioether (sulfide) groups is 1. The van der Waals surface area contributed by atoms with Crippen LogP contribution in [0.3, 0.4) is 0 Å². The molecule has 1 atom stereocenters. The van der Waals surface area contributed by atoms with Crippen molar-refractivity contribution >= 4 is 28.8 Å². The van der Waals surface area contributed by atoms with E-state index in [0.717, 1.165) is 31.0 Å². The molecule has 6 nitrogen and oxygen atoms in total. The van der Waals surface area contributed by atoms with E-state index in [9.17, 15) is 9.59 Å². The van der Waals surface area contributed by atoms with Gasteiger partial charge >= 0.3 is 5.76 Å². The molecular weight excluding hydrogens is 326 g/mol. The second-order valence-corrected chi connectivity index (χ2v) is 7.50. The number of nitrogens with zero attached hydrogens (tertiary/aromatic N) is 3. The van der Waals surface area contributed by atoms with Crippen molar-refractivity contribution in [1.82, 2.24) is 14.4 Å². The Morgan fingerprint density at radius 3 is 2.96 bits per heavy atom. The number of hydrogen-bond donors (Lipinski definition) is 0. The average molecular weight is 349 g/mol. The lowest BCUT2D eigenvalue weighted by atomic mass is 10.2. The van der Waals surface area contributed by atoms with Gasteiger partial charge in [-0.3, -0.25) is 9.36 Å². The number of para-hydroxylation sites is 2. The number of fused-ring (bicyclic) bond motifs is 1. The third-order valence-electron chi connectivity index (χ3n) is 4.20. The molecule has 2 aromatic rings. The number of aromatic nitrogens is 1. The number of rotatable bonds is 4. The predicted octanol–water partition coefficient (Wildman–Crippen LogP) is 1.49. The van der Waals surface area contributed by atoms with Crippen LogP contribution in [0.5, 0.6) is 0 Å².